The molecule has 8 heteroatoms. The fraction of sp³-hybridized carbons (Fsp3) is 0.571. The zero-order valence-electron chi connectivity index (χ0n) is 23.7. The molecule has 0 aliphatic rings. The van der Waals surface area contributed by atoms with Crippen molar-refractivity contribution in [3.63, 3.8) is 0 Å². The van der Waals surface area contributed by atoms with Gasteiger partial charge in [-0.05, 0) is 70.7 Å². The molecule has 0 amide bonds. The van der Waals surface area contributed by atoms with Gasteiger partial charge in [0.25, 0.3) is 0 Å². The van der Waals surface area contributed by atoms with Crippen molar-refractivity contribution in [1.82, 2.24) is 9.97 Å². The fourth-order valence-corrected chi connectivity index (χ4v) is 5.25. The topological polar surface area (TPSA) is 56.7 Å². The van der Waals surface area contributed by atoms with Crippen LogP contribution in [0.3, 0.4) is 0 Å². The molecule has 0 N–H and O–H groups in total. The molecule has 0 aromatic carbocycles. The maximum Gasteiger partial charge on any atom is 0.222 e. The first-order valence-electron chi connectivity index (χ1n) is 12.5. The Morgan fingerprint density at radius 3 is 2.33 bits per heavy atom. The zero-order valence-corrected chi connectivity index (χ0v) is 26.3. The number of rotatable bonds is 12. The van der Waals surface area contributed by atoms with Gasteiger partial charge in [0.05, 0.1) is 43.3 Å². The largest absolute Gasteiger partial charge is 0.480 e. The van der Waals surface area contributed by atoms with Gasteiger partial charge in [0, 0.05) is 19.3 Å². The Kier molecular flexibility index (Phi) is 10.7. The minimum Gasteiger partial charge on any atom is -0.480 e. The number of ether oxygens (including phenoxy) is 2. The first-order valence-corrected chi connectivity index (χ1v) is 16.2. The molecule has 0 fully saturated rings. The van der Waals surface area contributed by atoms with Crippen molar-refractivity contribution in [3.05, 3.63) is 46.7 Å². The van der Waals surface area contributed by atoms with Gasteiger partial charge in [0.1, 0.15) is 4.60 Å². The van der Waals surface area contributed by atoms with Crippen molar-refractivity contribution >= 4 is 29.9 Å². The Balaban J connectivity index is 2.49. The average molecular weight is 579 g/mol. The molecule has 0 saturated heterocycles. The van der Waals surface area contributed by atoms with Crippen LogP contribution in [0.1, 0.15) is 51.8 Å². The van der Waals surface area contributed by atoms with Crippen LogP contribution in [0.15, 0.2) is 35.5 Å². The zero-order chi connectivity index (χ0) is 27.3. The first kappa shape index (κ1) is 30.5. The Morgan fingerprint density at radius 2 is 1.81 bits per heavy atom. The van der Waals surface area contributed by atoms with E-state index in [9.17, 15) is 0 Å². The van der Waals surface area contributed by atoms with Gasteiger partial charge in [0.15, 0.2) is 8.32 Å². The average Bonchev–Trinajstić information content (AvgIpc) is 2.80. The van der Waals surface area contributed by atoms with Crippen molar-refractivity contribution in [2.24, 2.45) is 0 Å². The summed E-state index contributed by atoms with van der Waals surface area (Å²) in [6.45, 7) is 23.4. The number of aromatic nitrogens is 2. The summed E-state index contributed by atoms with van der Waals surface area (Å²) >= 11 is 3.75. The number of nitrogens with zero attached hydrogens (tertiary/aromatic N) is 3. The molecular weight excluding hydrogens is 534 g/mol. The molecule has 1 atom stereocenters. The molecule has 36 heavy (non-hydrogen) atoms. The van der Waals surface area contributed by atoms with E-state index in [1.807, 2.05) is 18.2 Å². The molecule has 200 valence electrons. The predicted octanol–water partition coefficient (Wildman–Crippen LogP) is 7.38. The van der Waals surface area contributed by atoms with E-state index < -0.39 is 8.32 Å². The van der Waals surface area contributed by atoms with Gasteiger partial charge in [-0.1, -0.05) is 40.7 Å². The van der Waals surface area contributed by atoms with E-state index in [-0.39, 0.29) is 11.1 Å². The SMILES string of the molecule is C=CCN(c1cc(C)c(-c2ccc(C(C)C)nc2OC)nc1Br)[C@@H](COC)CO[Si](C)(C)C(C)(C)C. The van der Waals surface area contributed by atoms with Gasteiger partial charge in [-0.25, -0.2) is 9.97 Å². The Hall–Kier alpha value is -1.74. The summed E-state index contributed by atoms with van der Waals surface area (Å²) in [6.07, 6.45) is 1.91. The van der Waals surface area contributed by atoms with Crippen LogP contribution in [-0.2, 0) is 9.16 Å². The van der Waals surface area contributed by atoms with E-state index in [2.05, 4.69) is 88.1 Å². The maximum absolute atomic E-state index is 6.60. The van der Waals surface area contributed by atoms with Crippen molar-refractivity contribution < 1.29 is 13.9 Å². The molecular formula is C28H44BrN3O3Si. The van der Waals surface area contributed by atoms with Crippen LogP contribution in [-0.4, -0.2) is 58.3 Å². The lowest BCUT2D eigenvalue weighted by atomic mass is 10.0. The van der Waals surface area contributed by atoms with Crippen LogP contribution in [0.25, 0.3) is 11.3 Å². The van der Waals surface area contributed by atoms with E-state index in [0.717, 1.165) is 32.8 Å². The number of pyridine rings is 2. The summed E-state index contributed by atoms with van der Waals surface area (Å²) in [5, 5.41) is 0.131. The highest BCUT2D eigenvalue weighted by Crippen LogP contribution is 2.38. The smallest absolute Gasteiger partial charge is 0.222 e. The second-order valence-electron chi connectivity index (χ2n) is 11.0. The minimum atomic E-state index is -1.92. The van der Waals surface area contributed by atoms with Gasteiger partial charge in [-0.3, -0.25) is 0 Å². The lowest BCUT2D eigenvalue weighted by molar-refractivity contribution is 0.144. The lowest BCUT2D eigenvalue weighted by Gasteiger charge is -2.40. The third-order valence-electron chi connectivity index (χ3n) is 6.95. The van der Waals surface area contributed by atoms with Crippen LogP contribution in [0.4, 0.5) is 5.69 Å². The third kappa shape index (κ3) is 7.18. The molecule has 0 bridgehead atoms. The number of halogens is 1. The molecule has 0 radical (unpaired) electrons. The standard InChI is InChI=1S/C28H44BrN3O3Si/c1-12-15-32(21(17-33-8)18-35-36(10,11)28(5,6)7)24-16-20(4)25(31-26(24)29)22-13-14-23(19(2)3)30-27(22)34-9/h12-14,16,19,21H,1,15,17-18H2,2-11H3/t21-/m0/s1. The second kappa shape index (κ2) is 12.7. The monoisotopic (exact) mass is 577 g/mol. The van der Waals surface area contributed by atoms with E-state index in [1.54, 1.807) is 14.2 Å². The normalized spacial score (nSPS) is 13.1. The number of aryl methyl sites for hydroxylation is 1. The van der Waals surface area contributed by atoms with E-state index in [0.29, 0.717) is 31.6 Å². The molecule has 2 aromatic heterocycles. The summed E-state index contributed by atoms with van der Waals surface area (Å²) < 4.78 is 18.6. The van der Waals surface area contributed by atoms with Crippen LogP contribution >= 0.6 is 15.9 Å². The molecule has 2 rings (SSSR count). The minimum absolute atomic E-state index is 0.00648. The summed E-state index contributed by atoms with van der Waals surface area (Å²) in [5.74, 6) is 0.897. The maximum atomic E-state index is 6.60. The number of methoxy groups -OCH3 is 2. The molecule has 2 heterocycles. The molecule has 6 nitrogen and oxygen atoms in total. The fourth-order valence-electron chi connectivity index (χ4n) is 3.69. The second-order valence-corrected chi connectivity index (χ2v) is 16.6. The highest BCUT2D eigenvalue weighted by molar-refractivity contribution is 9.10. The van der Waals surface area contributed by atoms with Crippen LogP contribution in [0.2, 0.25) is 18.1 Å². The highest BCUT2D eigenvalue weighted by atomic mass is 79.9. The van der Waals surface area contributed by atoms with E-state index in [4.69, 9.17) is 23.9 Å². The quantitative estimate of drug-likeness (QED) is 0.149. The number of hydrogen-bond donors (Lipinski definition) is 0. The van der Waals surface area contributed by atoms with Crippen LogP contribution in [0.5, 0.6) is 5.88 Å². The summed E-state index contributed by atoms with van der Waals surface area (Å²) in [7, 11) is 1.46. The Labute approximate surface area is 227 Å². The number of anilines is 1. The molecule has 2 aromatic rings. The van der Waals surface area contributed by atoms with Gasteiger partial charge in [-0.15, -0.1) is 6.58 Å². The highest BCUT2D eigenvalue weighted by Gasteiger charge is 2.38. The van der Waals surface area contributed by atoms with Crippen molar-refractivity contribution in [2.45, 2.75) is 71.6 Å². The summed E-state index contributed by atoms with van der Waals surface area (Å²) in [4.78, 5) is 11.9. The third-order valence-corrected chi connectivity index (χ3v) is 12.0. The van der Waals surface area contributed by atoms with Gasteiger partial charge in [-0.2, -0.15) is 0 Å². The van der Waals surface area contributed by atoms with Gasteiger partial charge >= 0.3 is 0 Å². The molecule has 0 aliphatic heterocycles. The van der Waals surface area contributed by atoms with Crippen LogP contribution in [0, 0.1) is 6.92 Å². The van der Waals surface area contributed by atoms with Gasteiger partial charge in [0.2, 0.25) is 5.88 Å². The van der Waals surface area contributed by atoms with Crippen molar-refractivity contribution in [1.29, 1.82) is 0 Å². The van der Waals surface area contributed by atoms with Crippen LogP contribution < -0.4 is 9.64 Å². The van der Waals surface area contributed by atoms with Crippen molar-refractivity contribution in [3.8, 4) is 17.1 Å². The van der Waals surface area contributed by atoms with E-state index >= 15 is 0 Å². The predicted molar refractivity (Wildman–Crippen MR) is 157 cm³/mol. The van der Waals surface area contributed by atoms with Gasteiger partial charge < -0.3 is 18.8 Å². The first-order chi connectivity index (χ1) is 16.8. The molecule has 0 saturated carbocycles. The molecule has 0 unspecified atom stereocenters. The van der Waals surface area contributed by atoms with Crippen molar-refractivity contribution in [2.75, 3.05) is 38.9 Å². The summed E-state index contributed by atoms with van der Waals surface area (Å²) in [6, 6.07) is 6.25. The Morgan fingerprint density at radius 1 is 1.14 bits per heavy atom. The molecule has 0 spiro atoms. The summed E-state index contributed by atoms with van der Waals surface area (Å²) in [5.41, 5.74) is 4.70. The number of hydrogen-bond acceptors (Lipinski definition) is 6. The van der Waals surface area contributed by atoms with E-state index in [1.165, 1.54) is 0 Å². The Bertz CT molecular complexity index is 1040. The molecule has 0 aliphatic carbocycles. The lowest BCUT2D eigenvalue weighted by Crippen LogP contribution is -2.48.